The standard InChI is InChI=1S/C13H15I3OS/c14-9-5-10(15)12(11(16)6-9)17-7-13(8-18)3-1-2-4-13/h5-6,18H,1-4,7-8H2. The number of thiol groups is 1. The number of benzene rings is 1. The van der Waals surface area contributed by atoms with Crippen molar-refractivity contribution >= 4 is 80.4 Å². The smallest absolute Gasteiger partial charge is 0.146 e. The monoisotopic (exact) mass is 600 g/mol. The second-order valence-corrected chi connectivity index (χ2v) is 8.74. The molecule has 0 atom stereocenters. The molecule has 1 aromatic rings. The van der Waals surface area contributed by atoms with Crippen LogP contribution in [0.3, 0.4) is 0 Å². The zero-order chi connectivity index (χ0) is 13.2. The zero-order valence-electron chi connectivity index (χ0n) is 9.89. The lowest BCUT2D eigenvalue weighted by atomic mass is 9.90. The molecule has 0 unspecified atom stereocenters. The third-order valence-electron chi connectivity index (χ3n) is 3.49. The topological polar surface area (TPSA) is 9.23 Å². The van der Waals surface area contributed by atoms with Crippen LogP contribution in [0.1, 0.15) is 25.7 Å². The molecule has 0 aromatic heterocycles. The summed E-state index contributed by atoms with van der Waals surface area (Å²) in [5.41, 5.74) is 0.304. The highest BCUT2D eigenvalue weighted by atomic mass is 127. The fraction of sp³-hybridized carbons (Fsp3) is 0.538. The van der Waals surface area contributed by atoms with Crippen LogP contribution in [-0.2, 0) is 0 Å². The average molecular weight is 600 g/mol. The maximum Gasteiger partial charge on any atom is 0.146 e. The summed E-state index contributed by atoms with van der Waals surface area (Å²) in [6, 6.07) is 4.33. The number of halogens is 3. The number of rotatable bonds is 4. The van der Waals surface area contributed by atoms with E-state index >= 15 is 0 Å². The van der Waals surface area contributed by atoms with Crippen LogP contribution in [-0.4, -0.2) is 12.4 Å². The van der Waals surface area contributed by atoms with Crippen molar-refractivity contribution in [1.29, 1.82) is 0 Å². The van der Waals surface area contributed by atoms with Crippen molar-refractivity contribution in [2.45, 2.75) is 25.7 Å². The van der Waals surface area contributed by atoms with Crippen LogP contribution in [0, 0.1) is 16.1 Å². The maximum atomic E-state index is 6.13. The lowest BCUT2D eigenvalue weighted by molar-refractivity contribution is 0.171. The van der Waals surface area contributed by atoms with Crippen LogP contribution >= 0.6 is 80.4 Å². The first-order chi connectivity index (χ1) is 8.56. The molecular weight excluding hydrogens is 585 g/mol. The van der Waals surface area contributed by atoms with E-state index in [0.717, 1.165) is 18.1 Å². The molecule has 1 saturated carbocycles. The van der Waals surface area contributed by atoms with Crippen molar-refractivity contribution in [3.8, 4) is 5.75 Å². The molecule has 5 heteroatoms. The van der Waals surface area contributed by atoms with Crippen LogP contribution in [0.5, 0.6) is 5.75 Å². The van der Waals surface area contributed by atoms with E-state index in [4.69, 9.17) is 4.74 Å². The Hall–Kier alpha value is 1.56. The Bertz CT molecular complexity index is 407. The minimum absolute atomic E-state index is 0.304. The van der Waals surface area contributed by atoms with E-state index in [1.165, 1.54) is 36.4 Å². The highest BCUT2D eigenvalue weighted by molar-refractivity contribution is 14.1. The zero-order valence-corrected chi connectivity index (χ0v) is 17.3. The van der Waals surface area contributed by atoms with E-state index in [2.05, 4.69) is 92.5 Å². The fourth-order valence-electron chi connectivity index (χ4n) is 2.37. The van der Waals surface area contributed by atoms with Crippen molar-refractivity contribution in [1.82, 2.24) is 0 Å². The number of hydrogen-bond donors (Lipinski definition) is 1. The van der Waals surface area contributed by atoms with Gasteiger partial charge in [-0.1, -0.05) is 12.8 Å². The summed E-state index contributed by atoms with van der Waals surface area (Å²) in [4.78, 5) is 0. The molecule has 1 nitrogen and oxygen atoms in total. The molecule has 0 amide bonds. The Labute approximate surface area is 155 Å². The molecule has 1 aliphatic rings. The summed E-state index contributed by atoms with van der Waals surface area (Å²) in [5, 5.41) is 0. The second kappa shape index (κ2) is 7.02. The van der Waals surface area contributed by atoms with E-state index in [1.807, 2.05) is 0 Å². The van der Waals surface area contributed by atoms with Gasteiger partial charge in [-0.05, 0) is 98.5 Å². The third kappa shape index (κ3) is 3.81. The minimum atomic E-state index is 0.304. The molecular formula is C13H15I3OS. The molecule has 2 rings (SSSR count). The van der Waals surface area contributed by atoms with Gasteiger partial charge in [-0.3, -0.25) is 0 Å². The third-order valence-corrected chi connectivity index (χ3v) is 6.38. The van der Waals surface area contributed by atoms with Gasteiger partial charge in [-0.25, -0.2) is 0 Å². The van der Waals surface area contributed by atoms with E-state index in [-0.39, 0.29) is 0 Å². The SMILES string of the molecule is SCC1(COc2c(I)cc(I)cc2I)CCCC1. The van der Waals surface area contributed by atoms with E-state index < -0.39 is 0 Å². The van der Waals surface area contributed by atoms with Crippen LogP contribution in [0.25, 0.3) is 0 Å². The van der Waals surface area contributed by atoms with Crippen molar-refractivity contribution in [2.24, 2.45) is 5.41 Å². The predicted octanol–water partition coefficient (Wildman–Crippen LogP) is 5.37. The fourth-order valence-corrected chi connectivity index (χ4v) is 6.67. The molecule has 0 aliphatic heterocycles. The van der Waals surface area contributed by atoms with E-state index in [9.17, 15) is 0 Å². The molecule has 100 valence electrons. The highest BCUT2D eigenvalue weighted by Gasteiger charge is 2.33. The molecule has 0 bridgehead atoms. The van der Waals surface area contributed by atoms with Gasteiger partial charge in [0, 0.05) is 8.99 Å². The van der Waals surface area contributed by atoms with Crippen LogP contribution < -0.4 is 4.74 Å². The highest BCUT2D eigenvalue weighted by Crippen LogP contribution is 2.40. The summed E-state index contributed by atoms with van der Waals surface area (Å²) >= 11 is 11.6. The summed E-state index contributed by atoms with van der Waals surface area (Å²) in [6.45, 7) is 0.809. The predicted molar refractivity (Wildman–Crippen MR) is 105 cm³/mol. The van der Waals surface area contributed by atoms with Gasteiger partial charge in [0.2, 0.25) is 0 Å². The second-order valence-electron chi connectivity index (χ2n) is 4.85. The molecule has 0 radical (unpaired) electrons. The Morgan fingerprint density at radius 1 is 1.11 bits per heavy atom. The first kappa shape index (κ1) is 15.9. The van der Waals surface area contributed by atoms with Crippen molar-refractivity contribution < 1.29 is 4.74 Å². The van der Waals surface area contributed by atoms with Gasteiger partial charge in [0.15, 0.2) is 0 Å². The lowest BCUT2D eigenvalue weighted by Crippen LogP contribution is -2.27. The van der Waals surface area contributed by atoms with Gasteiger partial charge in [-0.15, -0.1) is 0 Å². The largest absolute Gasteiger partial charge is 0.491 e. The molecule has 1 aliphatic carbocycles. The van der Waals surface area contributed by atoms with Gasteiger partial charge in [0.05, 0.1) is 13.7 Å². The minimum Gasteiger partial charge on any atom is -0.491 e. The van der Waals surface area contributed by atoms with Crippen LogP contribution in [0.4, 0.5) is 0 Å². The Balaban J connectivity index is 2.10. The van der Waals surface area contributed by atoms with Crippen LogP contribution in [0.2, 0.25) is 0 Å². The lowest BCUT2D eigenvalue weighted by Gasteiger charge is -2.27. The van der Waals surface area contributed by atoms with Gasteiger partial charge >= 0.3 is 0 Å². The molecule has 0 heterocycles. The van der Waals surface area contributed by atoms with Gasteiger partial charge < -0.3 is 4.74 Å². The Kier molecular flexibility index (Phi) is 6.21. The Morgan fingerprint density at radius 2 is 1.67 bits per heavy atom. The van der Waals surface area contributed by atoms with Gasteiger partial charge in [-0.2, -0.15) is 12.6 Å². The molecule has 1 fully saturated rings. The van der Waals surface area contributed by atoms with Crippen molar-refractivity contribution in [3.63, 3.8) is 0 Å². The van der Waals surface area contributed by atoms with Gasteiger partial charge in [0.25, 0.3) is 0 Å². The molecule has 18 heavy (non-hydrogen) atoms. The average Bonchev–Trinajstić information content (AvgIpc) is 2.77. The van der Waals surface area contributed by atoms with Crippen LogP contribution in [0.15, 0.2) is 12.1 Å². The molecule has 0 N–H and O–H groups in total. The first-order valence-electron chi connectivity index (χ1n) is 5.94. The normalized spacial score (nSPS) is 18.0. The van der Waals surface area contributed by atoms with E-state index in [1.54, 1.807) is 0 Å². The number of hydrogen-bond acceptors (Lipinski definition) is 2. The van der Waals surface area contributed by atoms with Crippen molar-refractivity contribution in [2.75, 3.05) is 12.4 Å². The van der Waals surface area contributed by atoms with E-state index in [0.29, 0.717) is 5.41 Å². The molecule has 0 spiro atoms. The summed E-state index contributed by atoms with van der Waals surface area (Å²) in [5.74, 6) is 1.98. The summed E-state index contributed by atoms with van der Waals surface area (Å²) in [7, 11) is 0. The Morgan fingerprint density at radius 3 is 2.17 bits per heavy atom. The first-order valence-corrected chi connectivity index (χ1v) is 9.81. The summed E-state index contributed by atoms with van der Waals surface area (Å²) < 4.78 is 9.81. The number of ether oxygens (including phenoxy) is 1. The van der Waals surface area contributed by atoms with Gasteiger partial charge in [0.1, 0.15) is 5.75 Å². The van der Waals surface area contributed by atoms with Crippen molar-refractivity contribution in [3.05, 3.63) is 22.8 Å². The maximum absolute atomic E-state index is 6.13. The quantitative estimate of drug-likeness (QED) is 0.362. The summed E-state index contributed by atoms with van der Waals surface area (Å²) in [6.07, 6.45) is 5.16. The molecule has 0 saturated heterocycles. The molecule has 1 aromatic carbocycles.